The van der Waals surface area contributed by atoms with Crippen LogP contribution in [0.4, 0.5) is 0 Å². The smallest absolute Gasteiger partial charge is 0.229 e. The fourth-order valence-electron chi connectivity index (χ4n) is 2.37. The van der Waals surface area contributed by atoms with E-state index in [1.165, 1.54) is 0 Å². The van der Waals surface area contributed by atoms with Crippen molar-refractivity contribution in [2.24, 2.45) is 10.8 Å². The lowest BCUT2D eigenvalue weighted by Gasteiger charge is -2.28. The molecule has 1 aromatic rings. The number of nitrogens with one attached hydrogen (secondary N) is 1. The van der Waals surface area contributed by atoms with Crippen LogP contribution in [0.1, 0.15) is 51.6 Å². The molecule has 0 spiro atoms. The summed E-state index contributed by atoms with van der Waals surface area (Å²) in [5.74, 6) is -0.0295. The molecule has 0 radical (unpaired) electrons. The quantitative estimate of drug-likeness (QED) is 0.868. The lowest BCUT2D eigenvalue weighted by atomic mass is 9.85. The van der Waals surface area contributed by atoms with Crippen LogP contribution in [0, 0.1) is 10.8 Å². The van der Waals surface area contributed by atoms with E-state index in [4.69, 9.17) is 0 Å². The van der Waals surface area contributed by atoms with E-state index in [2.05, 4.69) is 31.1 Å². The highest BCUT2D eigenvalue weighted by Crippen LogP contribution is 2.46. The number of hydrogen-bond acceptors (Lipinski definition) is 3. The molecule has 1 unspecified atom stereocenters. The molecule has 0 aromatic carbocycles. The number of carbonyl (C=O) groups is 1. The summed E-state index contributed by atoms with van der Waals surface area (Å²) in [4.78, 5) is 16.5. The first-order valence-electron chi connectivity index (χ1n) is 7.18. The molecule has 2 N–H and O–H groups in total. The molecule has 0 saturated heterocycles. The van der Waals surface area contributed by atoms with Crippen LogP contribution < -0.4 is 5.32 Å². The Bertz CT molecular complexity index is 461. The molecule has 110 valence electrons. The second kappa shape index (κ2) is 5.52. The summed E-state index contributed by atoms with van der Waals surface area (Å²) in [6, 6.07) is 3.82. The number of carbonyl (C=O) groups excluding carboxylic acids is 1. The van der Waals surface area contributed by atoms with Crippen LogP contribution in [0.3, 0.4) is 0 Å². The van der Waals surface area contributed by atoms with E-state index in [1.54, 1.807) is 12.4 Å². The summed E-state index contributed by atoms with van der Waals surface area (Å²) in [6.45, 7) is 6.40. The van der Waals surface area contributed by atoms with Crippen LogP contribution in [0.2, 0.25) is 0 Å². The standard InChI is InChI=1S/C16H24N2O2/c1-15(2,3)9-13(12-5-4-8-17-10-12)18-14(20)16(11-19)6-7-16/h4-5,8,10,13,19H,6-7,9,11H2,1-3H3,(H,18,20). The van der Waals surface area contributed by atoms with Gasteiger partial charge in [-0.05, 0) is 36.3 Å². The van der Waals surface area contributed by atoms with Crippen LogP contribution in [0.25, 0.3) is 0 Å². The Labute approximate surface area is 120 Å². The lowest BCUT2D eigenvalue weighted by Crippen LogP contribution is -2.38. The number of amides is 1. The molecule has 1 aromatic heterocycles. The second-order valence-corrected chi connectivity index (χ2v) is 7.02. The molecule has 0 bridgehead atoms. The molecule has 1 atom stereocenters. The van der Waals surface area contributed by atoms with E-state index in [0.717, 1.165) is 24.8 Å². The van der Waals surface area contributed by atoms with Gasteiger partial charge in [-0.25, -0.2) is 0 Å². The number of aromatic nitrogens is 1. The van der Waals surface area contributed by atoms with Crippen molar-refractivity contribution >= 4 is 5.91 Å². The molecule has 1 saturated carbocycles. The molecular weight excluding hydrogens is 252 g/mol. The third-order valence-corrected chi connectivity index (χ3v) is 3.85. The van der Waals surface area contributed by atoms with Crippen LogP contribution in [-0.4, -0.2) is 22.6 Å². The van der Waals surface area contributed by atoms with E-state index < -0.39 is 5.41 Å². The van der Waals surface area contributed by atoms with Crippen molar-refractivity contribution in [3.63, 3.8) is 0 Å². The predicted octanol–water partition coefficient (Wildman–Crippen LogP) is 2.45. The van der Waals surface area contributed by atoms with Crippen LogP contribution in [0.5, 0.6) is 0 Å². The van der Waals surface area contributed by atoms with E-state index in [9.17, 15) is 9.90 Å². The largest absolute Gasteiger partial charge is 0.395 e. The van der Waals surface area contributed by atoms with Gasteiger partial charge in [-0.2, -0.15) is 0 Å². The first-order chi connectivity index (χ1) is 9.36. The Morgan fingerprint density at radius 1 is 1.50 bits per heavy atom. The minimum atomic E-state index is -0.529. The van der Waals surface area contributed by atoms with Crippen LogP contribution >= 0.6 is 0 Å². The van der Waals surface area contributed by atoms with E-state index in [0.29, 0.717) is 0 Å². The van der Waals surface area contributed by atoms with Gasteiger partial charge in [0, 0.05) is 12.4 Å². The number of aliphatic hydroxyl groups excluding tert-OH is 1. The van der Waals surface area contributed by atoms with Crippen molar-refractivity contribution in [3.05, 3.63) is 30.1 Å². The van der Waals surface area contributed by atoms with E-state index in [1.807, 2.05) is 12.1 Å². The number of aliphatic hydroxyl groups is 1. The molecule has 4 heteroatoms. The Kier molecular flexibility index (Phi) is 4.14. The Hall–Kier alpha value is -1.42. The summed E-state index contributed by atoms with van der Waals surface area (Å²) in [5, 5.41) is 12.5. The average Bonchev–Trinajstić information content (AvgIpc) is 3.18. The van der Waals surface area contributed by atoms with Gasteiger partial charge in [0.05, 0.1) is 18.1 Å². The monoisotopic (exact) mass is 276 g/mol. The van der Waals surface area contributed by atoms with Crippen LogP contribution in [0.15, 0.2) is 24.5 Å². The SMILES string of the molecule is CC(C)(C)CC(NC(=O)C1(CO)CC1)c1cccnc1. The maximum Gasteiger partial charge on any atom is 0.229 e. The third kappa shape index (κ3) is 3.57. The zero-order valence-corrected chi connectivity index (χ0v) is 12.5. The summed E-state index contributed by atoms with van der Waals surface area (Å²) in [5.41, 5.74) is 0.590. The van der Waals surface area contributed by atoms with Crippen molar-refractivity contribution in [1.82, 2.24) is 10.3 Å². The molecular formula is C16H24N2O2. The topological polar surface area (TPSA) is 62.2 Å². The summed E-state index contributed by atoms with van der Waals surface area (Å²) in [7, 11) is 0. The molecule has 1 heterocycles. The van der Waals surface area contributed by atoms with Gasteiger partial charge >= 0.3 is 0 Å². The first-order valence-corrected chi connectivity index (χ1v) is 7.18. The Balaban J connectivity index is 2.13. The van der Waals surface area contributed by atoms with Gasteiger partial charge in [0.25, 0.3) is 0 Å². The molecule has 1 aliphatic rings. The molecule has 4 nitrogen and oxygen atoms in total. The zero-order chi connectivity index (χ0) is 14.8. The molecule has 20 heavy (non-hydrogen) atoms. The van der Waals surface area contributed by atoms with Gasteiger partial charge in [-0.1, -0.05) is 26.8 Å². The number of rotatable bonds is 5. The molecule has 2 rings (SSSR count). The predicted molar refractivity (Wildman–Crippen MR) is 77.9 cm³/mol. The van der Waals surface area contributed by atoms with E-state index in [-0.39, 0.29) is 24.0 Å². The van der Waals surface area contributed by atoms with Gasteiger partial charge in [-0.3, -0.25) is 9.78 Å². The second-order valence-electron chi connectivity index (χ2n) is 7.02. The summed E-state index contributed by atoms with van der Waals surface area (Å²) < 4.78 is 0. The van der Waals surface area contributed by atoms with Crippen molar-refractivity contribution in [2.45, 2.75) is 46.1 Å². The van der Waals surface area contributed by atoms with Gasteiger partial charge in [0.2, 0.25) is 5.91 Å². The average molecular weight is 276 g/mol. The first kappa shape index (κ1) is 15.0. The van der Waals surface area contributed by atoms with Gasteiger partial charge < -0.3 is 10.4 Å². The lowest BCUT2D eigenvalue weighted by molar-refractivity contribution is -0.128. The van der Waals surface area contributed by atoms with Crippen molar-refractivity contribution < 1.29 is 9.90 Å². The van der Waals surface area contributed by atoms with Crippen LogP contribution in [-0.2, 0) is 4.79 Å². The fraction of sp³-hybridized carbons (Fsp3) is 0.625. The highest BCUT2D eigenvalue weighted by Gasteiger charge is 2.49. The number of hydrogen-bond donors (Lipinski definition) is 2. The Morgan fingerprint density at radius 2 is 2.20 bits per heavy atom. The van der Waals surface area contributed by atoms with Crippen molar-refractivity contribution in [2.75, 3.05) is 6.61 Å². The molecule has 1 aliphatic carbocycles. The third-order valence-electron chi connectivity index (χ3n) is 3.85. The van der Waals surface area contributed by atoms with Gasteiger partial charge in [0.15, 0.2) is 0 Å². The molecule has 1 amide bonds. The van der Waals surface area contributed by atoms with E-state index >= 15 is 0 Å². The summed E-state index contributed by atoms with van der Waals surface area (Å²) in [6.07, 6.45) is 5.94. The molecule has 0 aliphatic heterocycles. The Morgan fingerprint density at radius 3 is 2.65 bits per heavy atom. The van der Waals surface area contributed by atoms with Crippen molar-refractivity contribution in [1.29, 1.82) is 0 Å². The maximum absolute atomic E-state index is 12.3. The highest BCUT2D eigenvalue weighted by molar-refractivity contribution is 5.85. The van der Waals surface area contributed by atoms with Gasteiger partial charge in [0.1, 0.15) is 0 Å². The summed E-state index contributed by atoms with van der Waals surface area (Å²) >= 11 is 0. The van der Waals surface area contributed by atoms with Gasteiger partial charge in [-0.15, -0.1) is 0 Å². The zero-order valence-electron chi connectivity index (χ0n) is 12.5. The normalized spacial score (nSPS) is 18.4. The van der Waals surface area contributed by atoms with Crippen molar-refractivity contribution in [3.8, 4) is 0 Å². The number of nitrogens with zero attached hydrogens (tertiary/aromatic N) is 1. The maximum atomic E-state index is 12.3. The minimum absolute atomic E-state index is 0.0295. The minimum Gasteiger partial charge on any atom is -0.395 e. The molecule has 1 fully saturated rings. The number of pyridine rings is 1. The fourth-order valence-corrected chi connectivity index (χ4v) is 2.37. The highest BCUT2D eigenvalue weighted by atomic mass is 16.3.